The van der Waals surface area contributed by atoms with Crippen molar-refractivity contribution in [2.75, 3.05) is 14.2 Å². The lowest BCUT2D eigenvalue weighted by atomic mass is 9.76. The van der Waals surface area contributed by atoms with Crippen molar-refractivity contribution in [1.29, 1.82) is 0 Å². The molecular formula is C15H17ClF3N3O3S. The lowest BCUT2D eigenvalue weighted by Crippen LogP contribution is -2.55. The molecule has 1 unspecified atom stereocenters. The molecule has 0 radical (unpaired) electrons. The second-order valence-electron chi connectivity index (χ2n) is 6.03. The zero-order chi connectivity index (χ0) is 19.8. The summed E-state index contributed by atoms with van der Waals surface area (Å²) in [6.07, 6.45) is 0.0366. The number of allylic oxidation sites excluding steroid dienone is 3. The Bertz CT molecular complexity index is 842. The maximum Gasteiger partial charge on any atom is 0.405 e. The van der Waals surface area contributed by atoms with E-state index in [4.69, 9.17) is 16.3 Å². The fourth-order valence-corrected chi connectivity index (χ4v) is 4.34. The van der Waals surface area contributed by atoms with Gasteiger partial charge in [0.1, 0.15) is 10.9 Å². The van der Waals surface area contributed by atoms with Crippen molar-refractivity contribution >= 4 is 21.6 Å². The summed E-state index contributed by atoms with van der Waals surface area (Å²) in [6.45, 7) is 1.33. The van der Waals surface area contributed by atoms with E-state index in [1.54, 1.807) is 0 Å². The van der Waals surface area contributed by atoms with Crippen LogP contribution in [0.15, 0.2) is 40.4 Å². The fraction of sp³-hybridized carbons (Fsp3) is 0.467. The average Bonchev–Trinajstić information content (AvgIpc) is 2.56. The van der Waals surface area contributed by atoms with Crippen molar-refractivity contribution in [2.24, 2.45) is 5.41 Å². The molecule has 2 atom stereocenters. The molecule has 1 aromatic heterocycles. The molecule has 1 aliphatic rings. The molecule has 26 heavy (non-hydrogen) atoms. The largest absolute Gasteiger partial charge is 0.480 e. The monoisotopic (exact) mass is 411 g/mol. The van der Waals surface area contributed by atoms with Crippen LogP contribution in [0.5, 0.6) is 5.88 Å². The van der Waals surface area contributed by atoms with Gasteiger partial charge in [-0.05, 0) is 12.5 Å². The lowest BCUT2D eigenvalue weighted by Gasteiger charge is -2.41. The van der Waals surface area contributed by atoms with Crippen LogP contribution in [0.1, 0.15) is 13.3 Å². The SMILES string of the molecule is COc1cc(S(=O)(=O)N(C)[C@@H](C(F)(F)F)C2(C)C=CC(Cl)=CC2)cnn1. The van der Waals surface area contributed by atoms with Crippen LogP contribution in [0.3, 0.4) is 0 Å². The molecule has 0 spiro atoms. The third kappa shape index (κ3) is 4.02. The molecule has 0 aliphatic heterocycles. The van der Waals surface area contributed by atoms with Crippen molar-refractivity contribution in [1.82, 2.24) is 14.5 Å². The first-order valence-electron chi connectivity index (χ1n) is 7.38. The highest BCUT2D eigenvalue weighted by atomic mass is 35.5. The van der Waals surface area contributed by atoms with E-state index < -0.39 is 32.6 Å². The van der Waals surface area contributed by atoms with Crippen LogP contribution < -0.4 is 4.74 Å². The van der Waals surface area contributed by atoms with Gasteiger partial charge in [-0.25, -0.2) is 8.42 Å². The molecule has 1 aliphatic carbocycles. The van der Waals surface area contributed by atoms with E-state index >= 15 is 0 Å². The third-order valence-corrected chi connectivity index (χ3v) is 6.22. The number of nitrogens with zero attached hydrogens (tertiary/aromatic N) is 3. The Hall–Kier alpha value is -1.65. The van der Waals surface area contributed by atoms with Crippen LogP contribution in [-0.2, 0) is 10.0 Å². The number of methoxy groups -OCH3 is 1. The first-order valence-corrected chi connectivity index (χ1v) is 9.20. The molecule has 0 amide bonds. The van der Waals surface area contributed by atoms with Crippen molar-refractivity contribution in [3.8, 4) is 5.88 Å². The number of hydrogen-bond donors (Lipinski definition) is 0. The quantitative estimate of drug-likeness (QED) is 0.744. The molecule has 0 saturated heterocycles. The molecule has 0 saturated carbocycles. The Labute approximate surface area is 154 Å². The van der Waals surface area contributed by atoms with Gasteiger partial charge in [-0.2, -0.15) is 22.6 Å². The maximum absolute atomic E-state index is 13.8. The third-order valence-electron chi connectivity index (χ3n) is 4.15. The standard InChI is InChI=1S/C15H17ClF3N3O3S/c1-14(6-4-10(16)5-7-14)13(15(17,18)19)22(2)26(23,24)11-8-12(25-3)21-20-9-11/h4-6,8-9,13H,7H2,1-3H3/t13-,14?/m1/s1. The number of rotatable bonds is 5. The van der Waals surface area contributed by atoms with Gasteiger partial charge in [0, 0.05) is 23.6 Å². The second kappa shape index (κ2) is 7.16. The van der Waals surface area contributed by atoms with E-state index in [1.165, 1.54) is 32.3 Å². The minimum Gasteiger partial charge on any atom is -0.480 e. The molecule has 6 nitrogen and oxygen atoms in total. The molecule has 144 valence electrons. The van der Waals surface area contributed by atoms with Gasteiger partial charge in [0.15, 0.2) is 0 Å². The van der Waals surface area contributed by atoms with Gasteiger partial charge in [0.25, 0.3) is 0 Å². The fourth-order valence-electron chi connectivity index (χ4n) is 2.80. The molecule has 0 aromatic carbocycles. The van der Waals surface area contributed by atoms with E-state index in [0.717, 1.165) is 19.3 Å². The Balaban J connectivity index is 2.50. The van der Waals surface area contributed by atoms with Gasteiger partial charge in [-0.3, -0.25) is 0 Å². The minimum atomic E-state index is -4.82. The lowest BCUT2D eigenvalue weighted by molar-refractivity contribution is -0.190. The summed E-state index contributed by atoms with van der Waals surface area (Å²) in [4.78, 5) is -0.446. The van der Waals surface area contributed by atoms with Gasteiger partial charge in [-0.15, -0.1) is 5.10 Å². The van der Waals surface area contributed by atoms with E-state index in [-0.39, 0.29) is 12.3 Å². The van der Waals surface area contributed by atoms with Gasteiger partial charge in [-0.1, -0.05) is 30.7 Å². The first kappa shape index (κ1) is 20.7. The highest BCUT2D eigenvalue weighted by molar-refractivity contribution is 7.89. The summed E-state index contributed by atoms with van der Waals surface area (Å²) in [5.74, 6) is -0.124. The summed E-state index contributed by atoms with van der Waals surface area (Å²) < 4.78 is 72.2. The highest BCUT2D eigenvalue weighted by Crippen LogP contribution is 2.44. The predicted octanol–water partition coefficient (Wildman–Crippen LogP) is 3.13. The molecular weight excluding hydrogens is 395 g/mol. The Kier molecular flexibility index (Phi) is 5.69. The Morgan fingerprint density at radius 2 is 2.08 bits per heavy atom. The summed E-state index contributed by atoms with van der Waals surface area (Å²) in [7, 11) is -2.38. The number of hydrogen-bond acceptors (Lipinski definition) is 5. The Morgan fingerprint density at radius 3 is 2.58 bits per heavy atom. The van der Waals surface area contributed by atoms with Crippen molar-refractivity contribution < 1.29 is 26.3 Å². The van der Waals surface area contributed by atoms with Crippen LogP contribution >= 0.6 is 11.6 Å². The van der Waals surface area contributed by atoms with Gasteiger partial charge in [0.2, 0.25) is 15.9 Å². The minimum absolute atomic E-state index is 0.0652. The molecule has 0 fully saturated rings. The summed E-state index contributed by atoms with van der Waals surface area (Å²) in [5, 5.41) is 7.29. The van der Waals surface area contributed by atoms with Crippen LogP contribution in [-0.4, -0.2) is 49.3 Å². The molecule has 2 rings (SSSR count). The topological polar surface area (TPSA) is 72.4 Å². The molecule has 11 heteroatoms. The first-order chi connectivity index (χ1) is 11.9. The zero-order valence-electron chi connectivity index (χ0n) is 14.2. The smallest absolute Gasteiger partial charge is 0.405 e. The van der Waals surface area contributed by atoms with E-state index in [0.29, 0.717) is 9.34 Å². The maximum atomic E-state index is 13.8. The van der Waals surface area contributed by atoms with E-state index in [1.807, 2.05) is 0 Å². The molecule has 0 N–H and O–H groups in total. The van der Waals surface area contributed by atoms with Crippen LogP contribution in [0, 0.1) is 5.41 Å². The Morgan fingerprint density at radius 1 is 1.42 bits per heavy atom. The van der Waals surface area contributed by atoms with Crippen molar-refractivity contribution in [2.45, 2.75) is 30.5 Å². The predicted molar refractivity (Wildman–Crippen MR) is 89.2 cm³/mol. The van der Waals surface area contributed by atoms with E-state index in [2.05, 4.69) is 10.2 Å². The summed E-state index contributed by atoms with van der Waals surface area (Å²) in [6, 6.07) is -1.29. The molecule has 0 bridgehead atoms. The van der Waals surface area contributed by atoms with E-state index in [9.17, 15) is 21.6 Å². The summed E-state index contributed by atoms with van der Waals surface area (Å²) >= 11 is 5.79. The average molecular weight is 412 g/mol. The van der Waals surface area contributed by atoms with Crippen LogP contribution in [0.4, 0.5) is 13.2 Å². The normalized spacial score (nSPS) is 22.2. The second-order valence-corrected chi connectivity index (χ2v) is 8.47. The van der Waals surface area contributed by atoms with Crippen LogP contribution in [0.25, 0.3) is 0 Å². The number of aromatic nitrogens is 2. The molecule has 1 heterocycles. The number of alkyl halides is 3. The van der Waals surface area contributed by atoms with Crippen LogP contribution in [0.2, 0.25) is 0 Å². The van der Waals surface area contributed by atoms with Gasteiger partial charge >= 0.3 is 6.18 Å². The number of halogens is 4. The highest BCUT2D eigenvalue weighted by Gasteiger charge is 2.55. The van der Waals surface area contributed by atoms with Crippen molar-refractivity contribution in [3.63, 3.8) is 0 Å². The van der Waals surface area contributed by atoms with Crippen molar-refractivity contribution in [3.05, 3.63) is 35.5 Å². The zero-order valence-corrected chi connectivity index (χ0v) is 15.7. The van der Waals surface area contributed by atoms with Gasteiger partial charge in [0.05, 0.1) is 13.3 Å². The molecule has 1 aromatic rings. The van der Waals surface area contributed by atoms with Gasteiger partial charge < -0.3 is 4.74 Å². The number of sulfonamides is 1. The summed E-state index contributed by atoms with van der Waals surface area (Å²) in [5.41, 5.74) is -1.52. The number of ether oxygens (including phenoxy) is 1.